The molecule has 31 heavy (non-hydrogen) atoms. The van der Waals surface area contributed by atoms with Crippen LogP contribution < -0.4 is 5.32 Å². The van der Waals surface area contributed by atoms with Crippen LogP contribution in [-0.2, 0) is 6.18 Å². The Labute approximate surface area is 175 Å². The molecule has 0 radical (unpaired) electrons. The third kappa shape index (κ3) is 4.20. The summed E-state index contributed by atoms with van der Waals surface area (Å²) in [6, 6.07) is 17.1. The Morgan fingerprint density at radius 2 is 1.65 bits per heavy atom. The van der Waals surface area contributed by atoms with Crippen LogP contribution in [0.4, 0.5) is 24.8 Å². The summed E-state index contributed by atoms with van der Waals surface area (Å²) in [5.74, 6) is 0.227. The number of carbonyl (C=O) groups excluding carboxylic acids is 1. The van der Waals surface area contributed by atoms with Gasteiger partial charge in [0, 0.05) is 30.9 Å². The van der Waals surface area contributed by atoms with E-state index < -0.39 is 11.7 Å². The summed E-state index contributed by atoms with van der Waals surface area (Å²) in [5, 5.41) is 7.52. The van der Waals surface area contributed by atoms with Crippen LogP contribution in [0.5, 0.6) is 0 Å². The van der Waals surface area contributed by atoms with Crippen LogP contribution in [0.2, 0.25) is 0 Å². The molecule has 0 saturated carbocycles. The van der Waals surface area contributed by atoms with Gasteiger partial charge >= 0.3 is 6.18 Å². The van der Waals surface area contributed by atoms with E-state index in [1.54, 1.807) is 61.1 Å². The lowest BCUT2D eigenvalue weighted by atomic mass is 10.1. The SMILES string of the molecule is CN(C)C(=O)c1ccc(Nc2nc3cccc(-c4ccc(C(F)(F)F)cc4)n3n2)cc1. The van der Waals surface area contributed by atoms with Gasteiger partial charge in [0.05, 0.1) is 11.3 Å². The van der Waals surface area contributed by atoms with Crippen LogP contribution in [0.25, 0.3) is 16.9 Å². The van der Waals surface area contributed by atoms with Gasteiger partial charge in [-0.2, -0.15) is 18.2 Å². The molecule has 2 aromatic heterocycles. The van der Waals surface area contributed by atoms with Crippen molar-refractivity contribution in [1.29, 1.82) is 0 Å². The van der Waals surface area contributed by atoms with Crippen LogP contribution in [0.1, 0.15) is 15.9 Å². The van der Waals surface area contributed by atoms with Crippen LogP contribution >= 0.6 is 0 Å². The highest BCUT2D eigenvalue weighted by molar-refractivity contribution is 5.94. The molecule has 158 valence electrons. The van der Waals surface area contributed by atoms with Crippen LogP contribution in [0, 0.1) is 0 Å². The standard InChI is InChI=1S/C22H18F3N5O/c1-29(2)20(31)15-8-12-17(13-9-15)26-21-27-19-5-3-4-18(30(19)28-21)14-6-10-16(11-7-14)22(23,24)25/h3-13H,1-2H3,(H,26,28). The summed E-state index contributed by atoms with van der Waals surface area (Å²) in [6.07, 6.45) is -4.39. The number of nitrogens with one attached hydrogen (secondary N) is 1. The maximum absolute atomic E-state index is 12.8. The number of halogens is 3. The molecule has 4 rings (SSSR count). The zero-order chi connectivity index (χ0) is 22.2. The van der Waals surface area contributed by atoms with Gasteiger partial charge in [-0.1, -0.05) is 18.2 Å². The second-order valence-corrected chi connectivity index (χ2v) is 7.09. The summed E-state index contributed by atoms with van der Waals surface area (Å²) in [5.41, 5.74) is 2.28. The number of pyridine rings is 1. The first-order valence-corrected chi connectivity index (χ1v) is 9.34. The van der Waals surface area contributed by atoms with Gasteiger partial charge in [-0.05, 0) is 48.5 Å². The smallest absolute Gasteiger partial charge is 0.345 e. The first kappa shape index (κ1) is 20.4. The summed E-state index contributed by atoms with van der Waals surface area (Å²) in [4.78, 5) is 17.9. The van der Waals surface area contributed by atoms with Crippen molar-refractivity contribution in [3.05, 3.63) is 77.9 Å². The first-order valence-electron chi connectivity index (χ1n) is 9.34. The fraction of sp³-hybridized carbons (Fsp3) is 0.136. The molecule has 0 saturated heterocycles. The van der Waals surface area contributed by atoms with E-state index in [-0.39, 0.29) is 5.91 Å². The predicted molar refractivity (Wildman–Crippen MR) is 111 cm³/mol. The molecular formula is C22H18F3N5O. The Balaban J connectivity index is 1.61. The molecule has 2 aromatic carbocycles. The zero-order valence-electron chi connectivity index (χ0n) is 16.7. The van der Waals surface area contributed by atoms with E-state index in [2.05, 4.69) is 15.4 Å². The van der Waals surface area contributed by atoms with Gasteiger partial charge in [-0.3, -0.25) is 4.79 Å². The quantitative estimate of drug-likeness (QED) is 0.507. The summed E-state index contributed by atoms with van der Waals surface area (Å²) >= 11 is 0. The number of amides is 1. The lowest BCUT2D eigenvalue weighted by Gasteiger charge is -2.10. The Bertz CT molecular complexity index is 1230. The molecule has 0 aliphatic rings. The molecule has 0 spiro atoms. The van der Waals surface area contributed by atoms with Crippen LogP contribution in [0.3, 0.4) is 0 Å². The number of nitrogens with zero attached hydrogens (tertiary/aromatic N) is 4. The van der Waals surface area contributed by atoms with Crippen molar-refractivity contribution >= 4 is 23.2 Å². The minimum Gasteiger partial charge on any atom is -0.345 e. The molecule has 0 unspecified atom stereocenters. The molecular weight excluding hydrogens is 407 g/mol. The van der Waals surface area contributed by atoms with Gasteiger partial charge in [0.25, 0.3) is 5.91 Å². The van der Waals surface area contributed by atoms with Gasteiger partial charge < -0.3 is 10.2 Å². The van der Waals surface area contributed by atoms with Crippen molar-refractivity contribution in [2.24, 2.45) is 0 Å². The van der Waals surface area contributed by atoms with Crippen LogP contribution in [-0.4, -0.2) is 39.5 Å². The van der Waals surface area contributed by atoms with E-state index in [9.17, 15) is 18.0 Å². The number of alkyl halides is 3. The number of anilines is 2. The van der Waals surface area contributed by atoms with Gasteiger partial charge in [0.15, 0.2) is 5.65 Å². The molecule has 0 fully saturated rings. The monoisotopic (exact) mass is 425 g/mol. The normalized spacial score (nSPS) is 11.5. The second kappa shape index (κ2) is 7.75. The molecule has 4 aromatic rings. The fourth-order valence-electron chi connectivity index (χ4n) is 3.09. The molecule has 1 N–H and O–H groups in total. The number of fused-ring (bicyclic) bond motifs is 1. The van der Waals surface area contributed by atoms with E-state index in [1.165, 1.54) is 17.0 Å². The van der Waals surface area contributed by atoms with Crippen molar-refractivity contribution in [3.8, 4) is 11.3 Å². The molecule has 0 aliphatic heterocycles. The molecule has 0 bridgehead atoms. The number of benzene rings is 2. The highest BCUT2D eigenvalue weighted by Gasteiger charge is 2.30. The number of aromatic nitrogens is 3. The van der Waals surface area contributed by atoms with E-state index in [4.69, 9.17) is 0 Å². The number of carbonyl (C=O) groups is 1. The minimum absolute atomic E-state index is 0.0985. The number of hydrogen-bond acceptors (Lipinski definition) is 4. The lowest BCUT2D eigenvalue weighted by Crippen LogP contribution is -2.21. The fourth-order valence-corrected chi connectivity index (χ4v) is 3.09. The van der Waals surface area contributed by atoms with Gasteiger partial charge in [0.2, 0.25) is 5.95 Å². The van der Waals surface area contributed by atoms with E-state index in [1.807, 2.05) is 0 Å². The zero-order valence-corrected chi connectivity index (χ0v) is 16.7. The van der Waals surface area contributed by atoms with E-state index in [0.29, 0.717) is 34.1 Å². The molecule has 2 heterocycles. The average Bonchev–Trinajstić information content (AvgIpc) is 3.15. The van der Waals surface area contributed by atoms with E-state index >= 15 is 0 Å². The van der Waals surface area contributed by atoms with Gasteiger partial charge in [0.1, 0.15) is 0 Å². The summed E-state index contributed by atoms with van der Waals surface area (Å²) in [6.45, 7) is 0. The Kier molecular flexibility index (Phi) is 5.10. The van der Waals surface area contributed by atoms with Crippen molar-refractivity contribution in [2.75, 3.05) is 19.4 Å². The van der Waals surface area contributed by atoms with Crippen molar-refractivity contribution in [2.45, 2.75) is 6.18 Å². The van der Waals surface area contributed by atoms with Crippen molar-refractivity contribution < 1.29 is 18.0 Å². The third-order valence-corrected chi connectivity index (χ3v) is 4.66. The topological polar surface area (TPSA) is 62.5 Å². The third-order valence-electron chi connectivity index (χ3n) is 4.66. The van der Waals surface area contributed by atoms with Crippen molar-refractivity contribution in [1.82, 2.24) is 19.5 Å². The molecule has 6 nitrogen and oxygen atoms in total. The molecule has 9 heteroatoms. The van der Waals surface area contributed by atoms with Crippen molar-refractivity contribution in [3.63, 3.8) is 0 Å². The van der Waals surface area contributed by atoms with Crippen LogP contribution in [0.15, 0.2) is 66.7 Å². The highest BCUT2D eigenvalue weighted by atomic mass is 19.4. The Morgan fingerprint density at radius 1 is 0.968 bits per heavy atom. The van der Waals surface area contributed by atoms with Gasteiger partial charge in [-0.15, -0.1) is 5.10 Å². The summed E-state index contributed by atoms with van der Waals surface area (Å²) in [7, 11) is 3.37. The molecule has 0 aliphatic carbocycles. The average molecular weight is 425 g/mol. The minimum atomic E-state index is -4.39. The Hall–Kier alpha value is -3.88. The van der Waals surface area contributed by atoms with E-state index in [0.717, 1.165) is 12.1 Å². The highest BCUT2D eigenvalue weighted by Crippen LogP contribution is 2.31. The number of rotatable bonds is 4. The lowest BCUT2D eigenvalue weighted by molar-refractivity contribution is -0.137. The molecule has 1 amide bonds. The van der Waals surface area contributed by atoms with Gasteiger partial charge in [-0.25, -0.2) is 4.52 Å². The maximum atomic E-state index is 12.8. The first-order chi connectivity index (χ1) is 14.7. The predicted octanol–water partition coefficient (Wildman–Crippen LogP) is 4.86. The summed E-state index contributed by atoms with van der Waals surface area (Å²) < 4.78 is 40.1. The Morgan fingerprint density at radius 3 is 2.26 bits per heavy atom. The number of hydrogen-bond donors (Lipinski definition) is 1. The maximum Gasteiger partial charge on any atom is 0.416 e. The second-order valence-electron chi connectivity index (χ2n) is 7.09. The molecule has 0 atom stereocenters. The largest absolute Gasteiger partial charge is 0.416 e.